The molecular weight excluding hydrogens is 376 g/mol. The number of nitro groups is 1. The molecule has 0 unspecified atom stereocenters. The van der Waals surface area contributed by atoms with Gasteiger partial charge in [-0.3, -0.25) is 14.9 Å². The van der Waals surface area contributed by atoms with Gasteiger partial charge in [0.2, 0.25) is 0 Å². The zero-order chi connectivity index (χ0) is 20.6. The predicted molar refractivity (Wildman–Crippen MR) is 103 cm³/mol. The zero-order valence-corrected chi connectivity index (χ0v) is 15.1. The molecule has 0 saturated heterocycles. The Morgan fingerprint density at radius 2 is 1.66 bits per heavy atom. The summed E-state index contributed by atoms with van der Waals surface area (Å²) < 4.78 is 10.3. The van der Waals surface area contributed by atoms with Crippen LogP contribution in [0.3, 0.4) is 0 Å². The van der Waals surface area contributed by atoms with Gasteiger partial charge in [-0.05, 0) is 23.8 Å². The second kappa shape index (κ2) is 9.14. The van der Waals surface area contributed by atoms with Crippen molar-refractivity contribution < 1.29 is 23.7 Å². The van der Waals surface area contributed by atoms with Crippen LogP contribution in [0.1, 0.15) is 21.7 Å². The summed E-state index contributed by atoms with van der Waals surface area (Å²) in [5.74, 6) is -1.80. The lowest BCUT2D eigenvalue weighted by Crippen LogP contribution is -2.28. The van der Waals surface area contributed by atoms with E-state index in [9.17, 15) is 19.7 Å². The van der Waals surface area contributed by atoms with Crippen LogP contribution in [0.2, 0.25) is 0 Å². The van der Waals surface area contributed by atoms with Crippen molar-refractivity contribution in [3.8, 4) is 0 Å². The lowest BCUT2D eigenvalue weighted by molar-refractivity contribution is -0.402. The van der Waals surface area contributed by atoms with E-state index in [1.165, 1.54) is 12.1 Å². The lowest BCUT2D eigenvalue weighted by atomic mass is 10.2. The molecule has 0 bridgehead atoms. The number of rotatable bonds is 7. The molecule has 0 aliphatic heterocycles. The first-order valence-electron chi connectivity index (χ1n) is 8.56. The minimum atomic E-state index is -0.808. The van der Waals surface area contributed by atoms with E-state index in [0.717, 1.165) is 11.6 Å². The minimum Gasteiger partial charge on any atom is -0.456 e. The maximum Gasteiger partial charge on any atom is 0.433 e. The fourth-order valence-corrected chi connectivity index (χ4v) is 2.39. The normalized spacial score (nSPS) is 11.0. The quantitative estimate of drug-likeness (QED) is 0.284. The van der Waals surface area contributed by atoms with Crippen LogP contribution in [0, 0.1) is 10.1 Å². The Balaban J connectivity index is 1.81. The molecule has 1 aromatic heterocycles. The largest absolute Gasteiger partial charge is 0.456 e. The molecule has 3 aromatic rings. The van der Waals surface area contributed by atoms with Gasteiger partial charge in [0.05, 0.1) is 6.07 Å². The van der Waals surface area contributed by atoms with E-state index in [0.29, 0.717) is 5.56 Å². The standard InChI is InChI=1S/C21H16N2O6/c24-20(16-9-5-2-6-10-16)22-18(13-17-11-12-19(29-17)23(26)27)21(25)28-14-15-7-3-1-4-8-15/h1-13H,14H2,(H,22,24)/b18-13-. The fourth-order valence-electron chi connectivity index (χ4n) is 2.39. The molecule has 0 saturated carbocycles. The number of amides is 1. The van der Waals surface area contributed by atoms with Crippen molar-refractivity contribution in [2.45, 2.75) is 6.61 Å². The van der Waals surface area contributed by atoms with Gasteiger partial charge in [0.15, 0.2) is 0 Å². The second-order valence-electron chi connectivity index (χ2n) is 5.87. The summed E-state index contributed by atoms with van der Waals surface area (Å²) in [4.78, 5) is 35.1. The summed E-state index contributed by atoms with van der Waals surface area (Å²) in [6.07, 6.45) is 1.18. The maximum absolute atomic E-state index is 12.5. The number of esters is 1. The van der Waals surface area contributed by atoms with Gasteiger partial charge in [-0.25, -0.2) is 4.79 Å². The monoisotopic (exact) mass is 392 g/mol. The number of nitrogens with zero attached hydrogens (tertiary/aromatic N) is 1. The molecule has 1 N–H and O–H groups in total. The first kappa shape index (κ1) is 19.6. The summed E-state index contributed by atoms with van der Waals surface area (Å²) >= 11 is 0. The topological polar surface area (TPSA) is 112 Å². The molecule has 3 rings (SSSR count). The van der Waals surface area contributed by atoms with E-state index < -0.39 is 22.7 Å². The molecule has 146 valence electrons. The van der Waals surface area contributed by atoms with Crippen molar-refractivity contribution >= 4 is 23.8 Å². The van der Waals surface area contributed by atoms with Crippen molar-refractivity contribution in [1.29, 1.82) is 0 Å². The molecular formula is C21H16N2O6. The minimum absolute atomic E-state index is 0.00345. The third kappa shape index (κ3) is 5.39. The number of ether oxygens (including phenoxy) is 1. The Labute approximate surface area is 165 Å². The highest BCUT2D eigenvalue weighted by Gasteiger charge is 2.18. The molecule has 1 heterocycles. The van der Waals surface area contributed by atoms with Gasteiger partial charge >= 0.3 is 11.9 Å². The Bertz CT molecular complexity index is 1040. The van der Waals surface area contributed by atoms with Crippen LogP contribution in [0.25, 0.3) is 6.08 Å². The van der Waals surface area contributed by atoms with E-state index in [1.54, 1.807) is 54.6 Å². The van der Waals surface area contributed by atoms with E-state index in [-0.39, 0.29) is 18.1 Å². The van der Waals surface area contributed by atoms with Crippen LogP contribution in [-0.4, -0.2) is 16.8 Å². The maximum atomic E-state index is 12.5. The number of carbonyl (C=O) groups excluding carboxylic acids is 2. The number of nitrogens with one attached hydrogen (secondary N) is 1. The molecule has 0 aliphatic rings. The number of furan rings is 1. The van der Waals surface area contributed by atoms with Crippen molar-refractivity contribution in [2.75, 3.05) is 0 Å². The van der Waals surface area contributed by atoms with Crippen molar-refractivity contribution in [3.05, 3.63) is 105 Å². The van der Waals surface area contributed by atoms with Gasteiger partial charge < -0.3 is 14.5 Å². The van der Waals surface area contributed by atoms with Crippen LogP contribution < -0.4 is 5.32 Å². The molecule has 8 nitrogen and oxygen atoms in total. The van der Waals surface area contributed by atoms with E-state index in [1.807, 2.05) is 6.07 Å². The first-order valence-corrected chi connectivity index (χ1v) is 8.56. The first-order chi connectivity index (χ1) is 14.0. The highest BCUT2D eigenvalue weighted by Crippen LogP contribution is 2.18. The van der Waals surface area contributed by atoms with Crippen molar-refractivity contribution in [1.82, 2.24) is 5.32 Å². The second-order valence-corrected chi connectivity index (χ2v) is 5.87. The van der Waals surface area contributed by atoms with Crippen LogP contribution >= 0.6 is 0 Å². The van der Waals surface area contributed by atoms with Gasteiger partial charge in [-0.2, -0.15) is 0 Å². The summed E-state index contributed by atoms with van der Waals surface area (Å²) in [5, 5.41) is 13.3. The fraction of sp³-hybridized carbons (Fsp3) is 0.0476. The number of hydrogen-bond acceptors (Lipinski definition) is 6. The van der Waals surface area contributed by atoms with Crippen molar-refractivity contribution in [2.24, 2.45) is 0 Å². The molecule has 29 heavy (non-hydrogen) atoms. The van der Waals surface area contributed by atoms with Crippen LogP contribution in [0.15, 0.2) is 82.9 Å². The predicted octanol–water partition coefficient (Wildman–Crippen LogP) is 3.70. The lowest BCUT2D eigenvalue weighted by Gasteiger charge is -2.10. The number of hydrogen-bond donors (Lipinski definition) is 1. The summed E-state index contributed by atoms with van der Waals surface area (Å²) in [6, 6.07) is 19.8. The van der Waals surface area contributed by atoms with Gasteiger partial charge in [-0.15, -0.1) is 0 Å². The molecule has 1 amide bonds. The van der Waals surface area contributed by atoms with E-state index >= 15 is 0 Å². The number of carbonyl (C=O) groups is 2. The Morgan fingerprint density at radius 3 is 2.28 bits per heavy atom. The Kier molecular flexibility index (Phi) is 6.16. The van der Waals surface area contributed by atoms with Gasteiger partial charge in [0.25, 0.3) is 5.91 Å². The Hall–Kier alpha value is -4.20. The summed E-state index contributed by atoms with van der Waals surface area (Å²) in [6.45, 7) is -0.00345. The zero-order valence-electron chi connectivity index (χ0n) is 15.1. The highest BCUT2D eigenvalue weighted by molar-refractivity contribution is 6.03. The molecule has 2 aromatic carbocycles. The molecule has 0 radical (unpaired) electrons. The highest BCUT2D eigenvalue weighted by atomic mass is 16.6. The van der Waals surface area contributed by atoms with Crippen LogP contribution in [-0.2, 0) is 16.1 Å². The van der Waals surface area contributed by atoms with Gasteiger partial charge in [0.1, 0.15) is 23.0 Å². The molecule has 0 spiro atoms. The molecule has 8 heteroatoms. The third-order valence-corrected chi connectivity index (χ3v) is 3.80. The van der Waals surface area contributed by atoms with Gasteiger partial charge in [-0.1, -0.05) is 48.5 Å². The van der Waals surface area contributed by atoms with Crippen LogP contribution in [0.4, 0.5) is 5.88 Å². The van der Waals surface area contributed by atoms with Gasteiger partial charge in [0, 0.05) is 11.6 Å². The van der Waals surface area contributed by atoms with Crippen LogP contribution in [0.5, 0.6) is 0 Å². The summed E-state index contributed by atoms with van der Waals surface area (Å²) in [5.41, 5.74) is 0.891. The van der Waals surface area contributed by atoms with Crippen molar-refractivity contribution in [3.63, 3.8) is 0 Å². The molecule has 0 aliphatic carbocycles. The average molecular weight is 392 g/mol. The SMILES string of the molecule is O=C(OCc1ccccc1)/C(=C/c1ccc([N+](=O)[O-])o1)NC(=O)c1ccccc1. The van der Waals surface area contributed by atoms with E-state index in [4.69, 9.17) is 9.15 Å². The van der Waals surface area contributed by atoms with E-state index in [2.05, 4.69) is 5.32 Å². The number of benzene rings is 2. The smallest absolute Gasteiger partial charge is 0.433 e. The molecule has 0 atom stereocenters. The third-order valence-electron chi connectivity index (χ3n) is 3.80. The Morgan fingerprint density at radius 1 is 1.00 bits per heavy atom. The molecule has 0 fully saturated rings. The average Bonchev–Trinajstić information content (AvgIpc) is 3.22. The summed E-state index contributed by atoms with van der Waals surface area (Å²) in [7, 11) is 0.